The normalized spacial score (nSPS) is 19.4. The van der Waals surface area contributed by atoms with Gasteiger partial charge in [0.2, 0.25) is 0 Å². The Kier molecular flexibility index (Phi) is 3.64. The predicted octanol–water partition coefficient (Wildman–Crippen LogP) is 1.56. The zero-order chi connectivity index (χ0) is 12.3. The van der Waals surface area contributed by atoms with Crippen molar-refractivity contribution in [1.82, 2.24) is 4.90 Å². The van der Waals surface area contributed by atoms with Crippen LogP contribution in [0, 0.1) is 0 Å². The molecule has 1 unspecified atom stereocenters. The number of hydrogen-bond donors (Lipinski definition) is 0. The quantitative estimate of drug-likeness (QED) is 0.798. The van der Waals surface area contributed by atoms with Crippen LogP contribution in [0.4, 0.5) is 0 Å². The maximum absolute atomic E-state index is 12.2. The van der Waals surface area contributed by atoms with Gasteiger partial charge in [0.05, 0.1) is 13.2 Å². The standard InChI is InChI=1S/C13H17NO3/c1-16-11-5-3-4-10(8-11)13(15)14-7-6-12(9-14)17-2/h3-5,8,12H,6-7,9H2,1-2H3. The molecule has 0 spiro atoms. The molecule has 0 aromatic heterocycles. The third-order valence-corrected chi connectivity index (χ3v) is 3.08. The van der Waals surface area contributed by atoms with Gasteiger partial charge < -0.3 is 14.4 Å². The van der Waals surface area contributed by atoms with Crippen LogP contribution in [0.3, 0.4) is 0 Å². The van der Waals surface area contributed by atoms with E-state index >= 15 is 0 Å². The number of benzene rings is 1. The summed E-state index contributed by atoms with van der Waals surface area (Å²) in [5, 5.41) is 0. The molecule has 0 radical (unpaired) electrons. The summed E-state index contributed by atoms with van der Waals surface area (Å²) >= 11 is 0. The fourth-order valence-electron chi connectivity index (χ4n) is 2.04. The Hall–Kier alpha value is -1.55. The molecule has 1 aromatic carbocycles. The molecule has 1 aliphatic heterocycles. The van der Waals surface area contributed by atoms with Crippen LogP contribution in [-0.2, 0) is 4.74 Å². The van der Waals surface area contributed by atoms with E-state index in [1.807, 2.05) is 23.1 Å². The van der Waals surface area contributed by atoms with Crippen molar-refractivity contribution in [2.45, 2.75) is 12.5 Å². The lowest BCUT2D eigenvalue weighted by molar-refractivity contribution is 0.0724. The summed E-state index contributed by atoms with van der Waals surface area (Å²) in [6.45, 7) is 1.43. The minimum Gasteiger partial charge on any atom is -0.497 e. The van der Waals surface area contributed by atoms with Crippen LogP contribution < -0.4 is 4.74 Å². The van der Waals surface area contributed by atoms with Gasteiger partial charge in [-0.3, -0.25) is 4.79 Å². The zero-order valence-corrected chi connectivity index (χ0v) is 10.2. The minimum absolute atomic E-state index is 0.0449. The van der Waals surface area contributed by atoms with Crippen LogP contribution in [0.5, 0.6) is 5.75 Å². The van der Waals surface area contributed by atoms with E-state index in [2.05, 4.69) is 0 Å². The van der Waals surface area contributed by atoms with Gasteiger partial charge in [-0.25, -0.2) is 0 Å². The summed E-state index contributed by atoms with van der Waals surface area (Å²) in [4.78, 5) is 14.0. The van der Waals surface area contributed by atoms with Gasteiger partial charge in [0.15, 0.2) is 0 Å². The van der Waals surface area contributed by atoms with Crippen LogP contribution in [0.2, 0.25) is 0 Å². The minimum atomic E-state index is 0.0449. The number of amides is 1. The van der Waals surface area contributed by atoms with E-state index in [9.17, 15) is 4.79 Å². The Morgan fingerprint density at radius 2 is 2.24 bits per heavy atom. The maximum Gasteiger partial charge on any atom is 0.254 e. The highest BCUT2D eigenvalue weighted by Gasteiger charge is 2.26. The molecule has 1 atom stereocenters. The lowest BCUT2D eigenvalue weighted by Gasteiger charge is -2.16. The summed E-state index contributed by atoms with van der Waals surface area (Å²) in [6.07, 6.45) is 1.08. The number of hydrogen-bond acceptors (Lipinski definition) is 3. The van der Waals surface area contributed by atoms with Gasteiger partial charge >= 0.3 is 0 Å². The smallest absolute Gasteiger partial charge is 0.254 e. The molecule has 17 heavy (non-hydrogen) atoms. The van der Waals surface area contributed by atoms with E-state index in [0.29, 0.717) is 17.9 Å². The molecular formula is C13H17NO3. The van der Waals surface area contributed by atoms with E-state index in [0.717, 1.165) is 13.0 Å². The molecule has 92 valence electrons. The molecule has 1 amide bonds. The Bertz CT molecular complexity index is 405. The molecule has 1 saturated heterocycles. The fourth-order valence-corrected chi connectivity index (χ4v) is 2.04. The molecule has 1 heterocycles. The summed E-state index contributed by atoms with van der Waals surface area (Å²) in [6, 6.07) is 7.24. The molecular weight excluding hydrogens is 218 g/mol. The first-order valence-electron chi connectivity index (χ1n) is 5.70. The predicted molar refractivity (Wildman–Crippen MR) is 64.3 cm³/mol. The van der Waals surface area contributed by atoms with E-state index in [1.54, 1.807) is 20.3 Å². The second-order valence-corrected chi connectivity index (χ2v) is 4.13. The molecule has 1 fully saturated rings. The fraction of sp³-hybridized carbons (Fsp3) is 0.462. The van der Waals surface area contributed by atoms with Gasteiger partial charge in [-0.15, -0.1) is 0 Å². The van der Waals surface area contributed by atoms with Crippen molar-refractivity contribution in [1.29, 1.82) is 0 Å². The molecule has 0 N–H and O–H groups in total. The first-order valence-corrected chi connectivity index (χ1v) is 5.70. The number of carbonyl (C=O) groups excluding carboxylic acids is 1. The van der Waals surface area contributed by atoms with Crippen molar-refractivity contribution < 1.29 is 14.3 Å². The molecule has 4 nitrogen and oxygen atoms in total. The first kappa shape index (κ1) is 11.9. The highest BCUT2D eigenvalue weighted by molar-refractivity contribution is 5.94. The molecule has 4 heteroatoms. The lowest BCUT2D eigenvalue weighted by atomic mass is 10.2. The third-order valence-electron chi connectivity index (χ3n) is 3.08. The molecule has 1 aliphatic rings. The second-order valence-electron chi connectivity index (χ2n) is 4.13. The maximum atomic E-state index is 12.2. The Labute approximate surface area is 101 Å². The highest BCUT2D eigenvalue weighted by atomic mass is 16.5. The number of carbonyl (C=O) groups is 1. The van der Waals surface area contributed by atoms with Crippen LogP contribution in [0.15, 0.2) is 24.3 Å². The van der Waals surface area contributed by atoms with Gasteiger partial charge in [0, 0.05) is 25.8 Å². The first-order chi connectivity index (χ1) is 8.24. The van der Waals surface area contributed by atoms with Gasteiger partial charge in [0.25, 0.3) is 5.91 Å². The van der Waals surface area contributed by atoms with E-state index < -0.39 is 0 Å². The number of methoxy groups -OCH3 is 2. The zero-order valence-electron chi connectivity index (χ0n) is 10.2. The van der Waals surface area contributed by atoms with Crippen LogP contribution >= 0.6 is 0 Å². The molecule has 2 rings (SSSR count). The Morgan fingerprint density at radius 3 is 2.88 bits per heavy atom. The van der Waals surface area contributed by atoms with Gasteiger partial charge in [-0.1, -0.05) is 6.07 Å². The average Bonchev–Trinajstić information content (AvgIpc) is 2.86. The van der Waals surface area contributed by atoms with Crippen molar-refractivity contribution in [2.24, 2.45) is 0 Å². The number of nitrogens with zero attached hydrogens (tertiary/aromatic N) is 1. The summed E-state index contributed by atoms with van der Waals surface area (Å²) < 4.78 is 10.4. The van der Waals surface area contributed by atoms with Crippen LogP contribution in [0.1, 0.15) is 16.8 Å². The van der Waals surface area contributed by atoms with Crippen molar-refractivity contribution in [2.75, 3.05) is 27.3 Å². The topological polar surface area (TPSA) is 38.8 Å². The summed E-state index contributed by atoms with van der Waals surface area (Å²) in [7, 11) is 3.28. The lowest BCUT2D eigenvalue weighted by Crippen LogP contribution is -2.29. The van der Waals surface area contributed by atoms with E-state index in [-0.39, 0.29) is 12.0 Å². The van der Waals surface area contributed by atoms with E-state index in [4.69, 9.17) is 9.47 Å². The van der Waals surface area contributed by atoms with Crippen molar-refractivity contribution in [3.05, 3.63) is 29.8 Å². The monoisotopic (exact) mass is 235 g/mol. The summed E-state index contributed by atoms with van der Waals surface area (Å²) in [5.74, 6) is 0.752. The number of ether oxygens (including phenoxy) is 2. The molecule has 0 bridgehead atoms. The SMILES string of the molecule is COc1cccc(C(=O)N2CCC(OC)C2)c1. The largest absolute Gasteiger partial charge is 0.497 e. The second kappa shape index (κ2) is 5.19. The highest BCUT2D eigenvalue weighted by Crippen LogP contribution is 2.18. The number of likely N-dealkylation sites (tertiary alicyclic amines) is 1. The van der Waals surface area contributed by atoms with E-state index in [1.165, 1.54) is 0 Å². The summed E-state index contributed by atoms with van der Waals surface area (Å²) in [5.41, 5.74) is 0.668. The van der Waals surface area contributed by atoms with Gasteiger partial charge in [0.1, 0.15) is 5.75 Å². The molecule has 0 saturated carbocycles. The van der Waals surface area contributed by atoms with Crippen molar-refractivity contribution in [3.8, 4) is 5.75 Å². The van der Waals surface area contributed by atoms with Crippen molar-refractivity contribution >= 4 is 5.91 Å². The van der Waals surface area contributed by atoms with Gasteiger partial charge in [-0.05, 0) is 24.6 Å². The van der Waals surface area contributed by atoms with Crippen LogP contribution in [-0.4, -0.2) is 44.2 Å². The third kappa shape index (κ3) is 2.58. The van der Waals surface area contributed by atoms with Crippen LogP contribution in [0.25, 0.3) is 0 Å². The Morgan fingerprint density at radius 1 is 1.41 bits per heavy atom. The van der Waals surface area contributed by atoms with Gasteiger partial charge in [-0.2, -0.15) is 0 Å². The van der Waals surface area contributed by atoms with Crippen molar-refractivity contribution in [3.63, 3.8) is 0 Å². The molecule has 0 aliphatic carbocycles. The molecule has 1 aromatic rings. The average molecular weight is 235 g/mol. The number of rotatable bonds is 3. The Balaban J connectivity index is 2.09.